The molecule has 0 saturated heterocycles. The van der Waals surface area contributed by atoms with Crippen molar-refractivity contribution in [1.82, 2.24) is 5.32 Å². The molecule has 116 valence electrons. The molecule has 0 spiro atoms. The number of carboxylic acid groups (broad SMARTS) is 2. The van der Waals surface area contributed by atoms with Crippen LogP contribution < -0.4 is 11.1 Å². The number of amides is 1. The third kappa shape index (κ3) is 7.85. The molecule has 0 bridgehead atoms. The molecule has 0 aliphatic heterocycles. The molecule has 0 saturated carbocycles. The number of hydrogen-bond donors (Lipinski definition) is 4. The van der Waals surface area contributed by atoms with Gasteiger partial charge in [0.1, 0.15) is 12.1 Å². The van der Waals surface area contributed by atoms with E-state index in [0.29, 0.717) is 12.2 Å². The van der Waals surface area contributed by atoms with Crippen LogP contribution >= 0.6 is 0 Å². The van der Waals surface area contributed by atoms with Crippen LogP contribution in [0.25, 0.3) is 0 Å². The molecule has 0 rings (SSSR count). The fourth-order valence-electron chi connectivity index (χ4n) is 1.35. The van der Waals surface area contributed by atoms with Crippen LogP contribution in [0.5, 0.6) is 0 Å². The van der Waals surface area contributed by atoms with Crippen molar-refractivity contribution in [2.24, 2.45) is 5.73 Å². The first-order chi connectivity index (χ1) is 9.27. The summed E-state index contributed by atoms with van der Waals surface area (Å²) in [6, 6.07) is -2.41. The Hall–Kier alpha value is -1.48. The number of aliphatic carboxylic acids is 2. The Morgan fingerprint density at radius 2 is 1.85 bits per heavy atom. The van der Waals surface area contributed by atoms with Crippen molar-refractivity contribution in [1.29, 1.82) is 0 Å². The standard InChI is InChI=1S/C11H20N2O6S/c1-2-5-20(19)6-8(11(17)18)13-9(14)4-3-7(12)10(15)16/h7-8H,2-6,12H2,1H3,(H,13,14)(H,15,16)(H,17,18)/t7-,8-,20?/m0/s1. The molecule has 0 aliphatic rings. The molecule has 0 fully saturated rings. The lowest BCUT2D eigenvalue weighted by atomic mass is 10.1. The Balaban J connectivity index is 4.31. The number of carbonyl (C=O) groups is 3. The maximum Gasteiger partial charge on any atom is 0.327 e. The summed E-state index contributed by atoms with van der Waals surface area (Å²) < 4.78 is 11.5. The number of nitrogens with two attached hydrogens (primary N) is 1. The summed E-state index contributed by atoms with van der Waals surface area (Å²) in [6.45, 7) is 1.82. The summed E-state index contributed by atoms with van der Waals surface area (Å²) in [4.78, 5) is 32.9. The molecule has 0 radical (unpaired) electrons. The van der Waals surface area contributed by atoms with E-state index >= 15 is 0 Å². The highest BCUT2D eigenvalue weighted by Gasteiger charge is 2.23. The smallest absolute Gasteiger partial charge is 0.327 e. The van der Waals surface area contributed by atoms with Crippen molar-refractivity contribution < 1.29 is 28.8 Å². The number of hydrogen-bond acceptors (Lipinski definition) is 5. The van der Waals surface area contributed by atoms with Crippen molar-refractivity contribution in [2.45, 2.75) is 38.3 Å². The molecule has 0 aromatic rings. The SMILES string of the molecule is CCCS(=O)C[C@H](NC(=O)CC[C@H](N)C(=O)O)C(=O)O. The highest BCUT2D eigenvalue weighted by molar-refractivity contribution is 7.85. The Morgan fingerprint density at radius 3 is 2.30 bits per heavy atom. The van der Waals surface area contributed by atoms with Crippen molar-refractivity contribution in [3.63, 3.8) is 0 Å². The van der Waals surface area contributed by atoms with Gasteiger partial charge in [-0.2, -0.15) is 0 Å². The zero-order valence-electron chi connectivity index (χ0n) is 11.2. The normalized spacial score (nSPS) is 15.1. The molecule has 0 aromatic heterocycles. The predicted octanol–water partition coefficient (Wildman–Crippen LogP) is -1.09. The molecule has 9 heteroatoms. The second-order valence-electron chi connectivity index (χ2n) is 4.25. The minimum Gasteiger partial charge on any atom is -0.480 e. The van der Waals surface area contributed by atoms with Gasteiger partial charge in [0.05, 0.1) is 5.75 Å². The van der Waals surface area contributed by atoms with E-state index in [-0.39, 0.29) is 18.6 Å². The molecule has 3 atom stereocenters. The molecule has 1 unspecified atom stereocenters. The highest BCUT2D eigenvalue weighted by Crippen LogP contribution is 1.98. The summed E-state index contributed by atoms with van der Waals surface area (Å²) in [6.07, 6.45) is 0.365. The third-order valence-corrected chi connectivity index (χ3v) is 3.99. The molecule has 8 nitrogen and oxygen atoms in total. The lowest BCUT2D eigenvalue weighted by Crippen LogP contribution is -2.45. The Morgan fingerprint density at radius 1 is 1.25 bits per heavy atom. The van der Waals surface area contributed by atoms with E-state index in [1.165, 1.54) is 0 Å². The van der Waals surface area contributed by atoms with E-state index in [2.05, 4.69) is 5.32 Å². The molecule has 5 N–H and O–H groups in total. The van der Waals surface area contributed by atoms with Crippen molar-refractivity contribution in [2.75, 3.05) is 11.5 Å². The second kappa shape index (κ2) is 9.43. The third-order valence-electron chi connectivity index (χ3n) is 2.42. The summed E-state index contributed by atoms with van der Waals surface area (Å²) >= 11 is 0. The molecule has 20 heavy (non-hydrogen) atoms. The quantitative estimate of drug-likeness (QED) is 0.401. The first kappa shape index (κ1) is 18.5. The van der Waals surface area contributed by atoms with Gasteiger partial charge in [0.15, 0.2) is 0 Å². The number of carboxylic acids is 2. The van der Waals surface area contributed by atoms with Gasteiger partial charge in [-0.3, -0.25) is 13.8 Å². The predicted molar refractivity (Wildman–Crippen MR) is 72.6 cm³/mol. The van der Waals surface area contributed by atoms with Crippen LogP contribution in [-0.4, -0.2) is 55.9 Å². The Kier molecular flexibility index (Phi) is 8.73. The molecule has 0 aromatic carbocycles. The van der Waals surface area contributed by atoms with E-state index in [9.17, 15) is 18.6 Å². The number of carbonyl (C=O) groups excluding carboxylic acids is 1. The molecule has 0 aliphatic carbocycles. The summed E-state index contributed by atoms with van der Waals surface area (Å²) in [5, 5.41) is 19.7. The summed E-state index contributed by atoms with van der Waals surface area (Å²) in [5.74, 6) is -2.92. The molecular weight excluding hydrogens is 288 g/mol. The van der Waals surface area contributed by atoms with Gasteiger partial charge >= 0.3 is 11.9 Å². The van der Waals surface area contributed by atoms with Gasteiger partial charge in [-0.15, -0.1) is 0 Å². The van der Waals surface area contributed by atoms with E-state index < -0.39 is 40.7 Å². The van der Waals surface area contributed by atoms with Crippen LogP contribution in [0.2, 0.25) is 0 Å². The van der Waals surface area contributed by atoms with Gasteiger partial charge in [-0.05, 0) is 12.8 Å². The minimum absolute atomic E-state index is 0.0917. The largest absolute Gasteiger partial charge is 0.480 e. The monoisotopic (exact) mass is 308 g/mol. The lowest BCUT2D eigenvalue weighted by molar-refractivity contribution is -0.141. The zero-order valence-corrected chi connectivity index (χ0v) is 12.0. The van der Waals surface area contributed by atoms with Crippen LogP contribution in [0.4, 0.5) is 0 Å². The van der Waals surface area contributed by atoms with Crippen molar-refractivity contribution in [3.8, 4) is 0 Å². The van der Waals surface area contributed by atoms with Gasteiger partial charge in [0.2, 0.25) is 5.91 Å². The molecule has 0 heterocycles. The maximum absolute atomic E-state index is 11.5. The van der Waals surface area contributed by atoms with Crippen LogP contribution in [0.1, 0.15) is 26.2 Å². The summed E-state index contributed by atoms with van der Waals surface area (Å²) in [5.41, 5.74) is 5.23. The van der Waals surface area contributed by atoms with Crippen molar-refractivity contribution in [3.05, 3.63) is 0 Å². The van der Waals surface area contributed by atoms with Crippen LogP contribution in [0, 0.1) is 0 Å². The lowest BCUT2D eigenvalue weighted by Gasteiger charge is -2.14. The molecule has 1 amide bonds. The van der Waals surface area contributed by atoms with Gasteiger partial charge in [-0.1, -0.05) is 6.92 Å². The minimum atomic E-state index is -1.32. The van der Waals surface area contributed by atoms with E-state index in [0.717, 1.165) is 0 Å². The zero-order chi connectivity index (χ0) is 15.7. The average molecular weight is 308 g/mol. The first-order valence-corrected chi connectivity index (χ1v) is 7.62. The fraction of sp³-hybridized carbons (Fsp3) is 0.727. The van der Waals surface area contributed by atoms with E-state index in [4.69, 9.17) is 15.9 Å². The van der Waals surface area contributed by atoms with Crippen molar-refractivity contribution >= 4 is 28.6 Å². The van der Waals surface area contributed by atoms with Crippen LogP contribution in [0.15, 0.2) is 0 Å². The van der Waals surface area contributed by atoms with E-state index in [1.807, 2.05) is 6.92 Å². The molecular formula is C11H20N2O6S. The fourth-order valence-corrected chi connectivity index (χ4v) is 2.57. The Bertz CT molecular complexity index is 387. The van der Waals surface area contributed by atoms with Gasteiger partial charge in [-0.25, -0.2) is 4.79 Å². The first-order valence-electron chi connectivity index (χ1n) is 6.13. The number of nitrogens with one attached hydrogen (secondary N) is 1. The average Bonchev–Trinajstić information content (AvgIpc) is 2.35. The second-order valence-corrected chi connectivity index (χ2v) is 5.87. The van der Waals surface area contributed by atoms with Gasteiger partial charge in [0.25, 0.3) is 0 Å². The number of rotatable bonds is 10. The Labute approximate surface area is 119 Å². The van der Waals surface area contributed by atoms with Gasteiger partial charge < -0.3 is 21.3 Å². The topological polar surface area (TPSA) is 147 Å². The van der Waals surface area contributed by atoms with Crippen LogP contribution in [0.3, 0.4) is 0 Å². The summed E-state index contributed by atoms with van der Waals surface area (Å²) in [7, 11) is -1.32. The van der Waals surface area contributed by atoms with Crippen LogP contribution in [-0.2, 0) is 25.2 Å². The maximum atomic E-state index is 11.5. The van der Waals surface area contributed by atoms with Gasteiger partial charge in [0, 0.05) is 23.0 Å². The highest BCUT2D eigenvalue weighted by atomic mass is 32.2. The van der Waals surface area contributed by atoms with E-state index in [1.54, 1.807) is 0 Å².